The van der Waals surface area contributed by atoms with Crippen LogP contribution in [0.5, 0.6) is 11.5 Å². The second kappa shape index (κ2) is 11.1. The first-order chi connectivity index (χ1) is 16.9. The second-order valence-electron chi connectivity index (χ2n) is 8.66. The molecule has 1 aliphatic heterocycles. The summed E-state index contributed by atoms with van der Waals surface area (Å²) in [5, 5.41) is 6.86. The third-order valence-corrected chi connectivity index (χ3v) is 6.17. The van der Waals surface area contributed by atoms with Gasteiger partial charge in [-0.2, -0.15) is 0 Å². The summed E-state index contributed by atoms with van der Waals surface area (Å²) in [6.07, 6.45) is 3.25. The van der Waals surface area contributed by atoms with Gasteiger partial charge in [-0.05, 0) is 68.9 Å². The van der Waals surface area contributed by atoms with Gasteiger partial charge >= 0.3 is 0 Å². The molecule has 8 nitrogen and oxygen atoms in total. The maximum Gasteiger partial charge on any atom is 0.248 e. The van der Waals surface area contributed by atoms with E-state index in [4.69, 9.17) is 14.0 Å². The van der Waals surface area contributed by atoms with Crippen molar-refractivity contribution < 1.29 is 18.8 Å². The predicted molar refractivity (Wildman–Crippen MR) is 137 cm³/mol. The van der Waals surface area contributed by atoms with Gasteiger partial charge in [-0.25, -0.2) is 0 Å². The van der Waals surface area contributed by atoms with Crippen molar-refractivity contribution in [1.82, 2.24) is 10.1 Å². The molecule has 184 valence electrons. The molecule has 8 heteroatoms. The molecule has 0 aliphatic carbocycles. The summed E-state index contributed by atoms with van der Waals surface area (Å²) in [4.78, 5) is 17.1. The molecule has 0 unspecified atom stereocenters. The molecule has 4 rings (SSSR count). The van der Waals surface area contributed by atoms with E-state index in [0.717, 1.165) is 54.4 Å². The van der Waals surface area contributed by atoms with Gasteiger partial charge in [-0.3, -0.25) is 4.79 Å². The van der Waals surface area contributed by atoms with Crippen molar-refractivity contribution in [3.05, 3.63) is 71.1 Å². The van der Waals surface area contributed by atoms with E-state index in [0.29, 0.717) is 18.1 Å². The fourth-order valence-corrected chi connectivity index (χ4v) is 3.94. The van der Waals surface area contributed by atoms with Gasteiger partial charge < -0.3 is 29.1 Å². The normalized spacial score (nSPS) is 14.3. The van der Waals surface area contributed by atoms with Crippen LogP contribution in [0.2, 0.25) is 0 Å². The molecule has 0 radical (unpaired) electrons. The summed E-state index contributed by atoms with van der Waals surface area (Å²) < 4.78 is 16.6. The molecule has 0 bridgehead atoms. The Labute approximate surface area is 206 Å². The lowest BCUT2D eigenvalue weighted by Crippen LogP contribution is -2.44. The summed E-state index contributed by atoms with van der Waals surface area (Å²) in [7, 11) is 3.73. The van der Waals surface area contributed by atoms with Crippen LogP contribution in [0.3, 0.4) is 0 Å². The van der Waals surface area contributed by atoms with Gasteiger partial charge in [0.15, 0.2) is 11.5 Å². The van der Waals surface area contributed by atoms with E-state index in [1.54, 1.807) is 13.2 Å². The van der Waals surface area contributed by atoms with Crippen LogP contribution in [-0.4, -0.2) is 56.3 Å². The number of hydrogen-bond acceptors (Lipinski definition) is 7. The number of rotatable bonds is 8. The lowest BCUT2D eigenvalue weighted by molar-refractivity contribution is -0.111. The smallest absolute Gasteiger partial charge is 0.248 e. The number of piperazine rings is 1. The van der Waals surface area contributed by atoms with Crippen molar-refractivity contribution in [2.24, 2.45) is 0 Å². The van der Waals surface area contributed by atoms with E-state index >= 15 is 0 Å². The molecule has 2 aromatic carbocycles. The van der Waals surface area contributed by atoms with Crippen molar-refractivity contribution in [2.75, 3.05) is 50.6 Å². The highest BCUT2D eigenvalue weighted by Crippen LogP contribution is 2.30. The van der Waals surface area contributed by atoms with Crippen molar-refractivity contribution in [3.63, 3.8) is 0 Å². The molecule has 3 aromatic rings. The maximum absolute atomic E-state index is 12.4. The fourth-order valence-electron chi connectivity index (χ4n) is 3.94. The van der Waals surface area contributed by atoms with E-state index in [2.05, 4.69) is 39.5 Å². The van der Waals surface area contributed by atoms with Crippen molar-refractivity contribution in [2.45, 2.75) is 20.5 Å². The quantitative estimate of drug-likeness (QED) is 0.486. The van der Waals surface area contributed by atoms with Crippen LogP contribution in [-0.2, 0) is 11.4 Å². The van der Waals surface area contributed by atoms with Gasteiger partial charge in [0, 0.05) is 43.6 Å². The number of likely N-dealkylation sites (N-methyl/N-ethyl adjacent to an activating group) is 1. The van der Waals surface area contributed by atoms with Crippen molar-refractivity contribution in [1.29, 1.82) is 0 Å². The van der Waals surface area contributed by atoms with Crippen LogP contribution in [0.15, 0.2) is 53.1 Å². The number of ether oxygens (including phenoxy) is 2. The SMILES string of the molecule is COc1cc(/C=C/C(=O)Nc2ccc(N3CCN(C)CC3)cc2)ccc1OCc1c(C)noc1C. The van der Waals surface area contributed by atoms with Crippen LogP contribution < -0.4 is 19.7 Å². The number of aryl methyl sites for hydroxylation is 2. The van der Waals surface area contributed by atoms with Gasteiger partial charge in [0.1, 0.15) is 12.4 Å². The number of amides is 1. The minimum Gasteiger partial charge on any atom is -0.493 e. The largest absolute Gasteiger partial charge is 0.493 e. The molecule has 1 saturated heterocycles. The first kappa shape index (κ1) is 24.3. The van der Waals surface area contributed by atoms with Crippen molar-refractivity contribution >= 4 is 23.4 Å². The number of hydrogen-bond donors (Lipinski definition) is 1. The first-order valence-electron chi connectivity index (χ1n) is 11.7. The zero-order chi connectivity index (χ0) is 24.8. The molecule has 35 heavy (non-hydrogen) atoms. The highest BCUT2D eigenvalue weighted by molar-refractivity contribution is 6.02. The summed E-state index contributed by atoms with van der Waals surface area (Å²) in [5.74, 6) is 1.73. The molecule has 1 N–H and O–H groups in total. The zero-order valence-electron chi connectivity index (χ0n) is 20.7. The molecule has 0 spiro atoms. The van der Waals surface area contributed by atoms with Crippen LogP contribution in [0, 0.1) is 13.8 Å². The molecule has 1 aromatic heterocycles. The number of methoxy groups -OCH3 is 1. The number of nitrogens with one attached hydrogen (secondary N) is 1. The average molecular weight is 477 g/mol. The third kappa shape index (κ3) is 6.22. The van der Waals surface area contributed by atoms with E-state index < -0.39 is 0 Å². The summed E-state index contributed by atoms with van der Waals surface area (Å²) >= 11 is 0. The van der Waals surface area contributed by atoms with E-state index in [1.165, 1.54) is 11.8 Å². The van der Waals surface area contributed by atoms with Crippen LogP contribution in [0.25, 0.3) is 6.08 Å². The van der Waals surface area contributed by atoms with Crippen LogP contribution in [0.1, 0.15) is 22.6 Å². The van der Waals surface area contributed by atoms with Crippen LogP contribution in [0.4, 0.5) is 11.4 Å². The Morgan fingerprint density at radius 3 is 2.49 bits per heavy atom. The Morgan fingerprint density at radius 1 is 1.09 bits per heavy atom. The van der Waals surface area contributed by atoms with Gasteiger partial charge in [-0.15, -0.1) is 0 Å². The van der Waals surface area contributed by atoms with Gasteiger partial charge in [0.25, 0.3) is 0 Å². The van der Waals surface area contributed by atoms with Crippen molar-refractivity contribution in [3.8, 4) is 11.5 Å². The van der Waals surface area contributed by atoms with Gasteiger partial charge in [0.05, 0.1) is 18.4 Å². The Bertz CT molecular complexity index is 1160. The molecule has 0 saturated carbocycles. The van der Waals surface area contributed by atoms with E-state index in [-0.39, 0.29) is 5.91 Å². The topological polar surface area (TPSA) is 80.1 Å². The lowest BCUT2D eigenvalue weighted by Gasteiger charge is -2.34. The number of carbonyl (C=O) groups excluding carboxylic acids is 1. The standard InChI is InChI=1S/C27H32N4O4/c1-19-24(20(2)35-29-19)18-34-25-11-5-21(17-26(25)33-4)6-12-27(32)28-22-7-9-23(10-8-22)31-15-13-30(3)14-16-31/h5-12,17H,13-16,18H2,1-4H3,(H,28,32)/b12-6+. The van der Waals surface area contributed by atoms with Gasteiger partial charge in [0.2, 0.25) is 5.91 Å². The fraction of sp³-hybridized carbons (Fsp3) is 0.333. The highest BCUT2D eigenvalue weighted by atomic mass is 16.5. The molecule has 1 fully saturated rings. The summed E-state index contributed by atoms with van der Waals surface area (Å²) in [5.41, 5.74) is 4.49. The number of anilines is 2. The summed E-state index contributed by atoms with van der Waals surface area (Å²) in [6, 6.07) is 13.5. The minimum atomic E-state index is -0.199. The predicted octanol–water partition coefficient (Wildman–Crippen LogP) is 4.28. The lowest BCUT2D eigenvalue weighted by atomic mass is 10.1. The maximum atomic E-state index is 12.4. The molecular weight excluding hydrogens is 444 g/mol. The van der Waals surface area contributed by atoms with Gasteiger partial charge in [-0.1, -0.05) is 11.2 Å². The third-order valence-electron chi connectivity index (χ3n) is 6.17. The molecule has 1 amide bonds. The number of carbonyl (C=O) groups is 1. The zero-order valence-corrected chi connectivity index (χ0v) is 20.7. The molecule has 0 atom stereocenters. The van der Waals surface area contributed by atoms with E-state index in [9.17, 15) is 4.79 Å². The van der Waals surface area contributed by atoms with E-state index in [1.807, 2.05) is 44.2 Å². The Hall–Kier alpha value is -3.78. The van der Waals surface area contributed by atoms with Crippen LogP contribution >= 0.6 is 0 Å². The minimum absolute atomic E-state index is 0.199. The summed E-state index contributed by atoms with van der Waals surface area (Å²) in [6.45, 7) is 8.22. The Morgan fingerprint density at radius 2 is 1.83 bits per heavy atom. The highest BCUT2D eigenvalue weighted by Gasteiger charge is 2.14. The monoisotopic (exact) mass is 476 g/mol. The number of aromatic nitrogens is 1. The molecule has 1 aliphatic rings. The number of benzene rings is 2. The number of nitrogens with zero attached hydrogens (tertiary/aromatic N) is 3. The Kier molecular flexibility index (Phi) is 7.72. The average Bonchev–Trinajstić information content (AvgIpc) is 3.19. The Balaban J connectivity index is 1.33. The molecule has 2 heterocycles. The second-order valence-corrected chi connectivity index (χ2v) is 8.66. The molecular formula is C27H32N4O4. The first-order valence-corrected chi connectivity index (χ1v) is 11.7.